The first-order valence-corrected chi connectivity index (χ1v) is 10.7. The predicted octanol–water partition coefficient (Wildman–Crippen LogP) is 3.49. The molecule has 6 N–H and O–H groups in total. The lowest BCUT2D eigenvalue weighted by Gasteiger charge is -2.15. The number of aromatic nitrogens is 3. The van der Waals surface area contributed by atoms with Gasteiger partial charge in [0.05, 0.1) is 23.2 Å². The van der Waals surface area contributed by atoms with Gasteiger partial charge in [0, 0.05) is 17.6 Å². The Kier molecular flexibility index (Phi) is 6.60. The normalized spacial score (nSPS) is 11.0. The van der Waals surface area contributed by atoms with Gasteiger partial charge in [-0.25, -0.2) is 4.39 Å². The molecule has 11 heteroatoms. The molecule has 2 amide bonds. The van der Waals surface area contributed by atoms with E-state index in [0.29, 0.717) is 33.9 Å². The number of primary amides is 1. The molecule has 4 rings (SSSR count). The second-order valence-corrected chi connectivity index (χ2v) is 8.26. The summed E-state index contributed by atoms with van der Waals surface area (Å²) in [5.74, 6) is -0.821. The highest BCUT2D eigenvalue weighted by Crippen LogP contribution is 2.29. The zero-order chi connectivity index (χ0) is 25.1. The molecule has 4 aromatic rings. The molecule has 35 heavy (non-hydrogen) atoms. The minimum Gasteiger partial charge on any atom is -0.366 e. The summed E-state index contributed by atoms with van der Waals surface area (Å²) in [7, 11) is 3.64. The number of rotatable bonds is 8. The Bertz CT molecular complexity index is 1420. The molecule has 0 aliphatic carbocycles. The van der Waals surface area contributed by atoms with Gasteiger partial charge in [-0.15, -0.1) is 0 Å². The maximum Gasteiger partial charge on any atom is 0.250 e. The van der Waals surface area contributed by atoms with Gasteiger partial charge in [-0.2, -0.15) is 9.97 Å². The first-order valence-electron chi connectivity index (χ1n) is 10.7. The highest BCUT2D eigenvalue weighted by molar-refractivity contribution is 6.00. The molecule has 2 aromatic heterocycles. The van der Waals surface area contributed by atoms with Crippen molar-refractivity contribution in [1.82, 2.24) is 19.9 Å². The summed E-state index contributed by atoms with van der Waals surface area (Å²) in [6, 6.07) is 11.0. The third-order valence-corrected chi connectivity index (χ3v) is 5.14. The number of likely N-dealkylation sites (N-methyl/N-ethyl adjacent to an activating group) is 1. The van der Waals surface area contributed by atoms with Crippen LogP contribution in [0, 0.1) is 12.7 Å². The van der Waals surface area contributed by atoms with Gasteiger partial charge in [0.1, 0.15) is 17.3 Å². The summed E-state index contributed by atoms with van der Waals surface area (Å²) >= 11 is 0. The minimum atomic E-state index is -0.770. The molecular formula is C24H25FN8O2. The highest BCUT2D eigenvalue weighted by Gasteiger charge is 2.15. The number of H-pyrrole nitrogens is 1. The Morgan fingerprint density at radius 3 is 2.60 bits per heavy atom. The van der Waals surface area contributed by atoms with E-state index < -0.39 is 11.7 Å². The number of hydrogen-bond acceptors (Lipinski definition) is 7. The van der Waals surface area contributed by atoms with E-state index in [2.05, 4.69) is 30.9 Å². The number of carbonyl (C=O) groups excluding carboxylic acids is 2. The number of halogens is 1. The Morgan fingerprint density at radius 1 is 1.06 bits per heavy atom. The summed E-state index contributed by atoms with van der Waals surface area (Å²) in [5.41, 5.74) is 8.51. The number of fused-ring (bicyclic) bond motifs is 1. The van der Waals surface area contributed by atoms with Crippen molar-refractivity contribution in [2.45, 2.75) is 6.92 Å². The smallest absolute Gasteiger partial charge is 0.250 e. The van der Waals surface area contributed by atoms with Crippen LogP contribution in [0.1, 0.15) is 15.9 Å². The molecule has 0 radical (unpaired) electrons. The van der Waals surface area contributed by atoms with Gasteiger partial charge in [0.25, 0.3) is 5.91 Å². The molecule has 0 saturated carbocycles. The average Bonchev–Trinajstić information content (AvgIpc) is 3.25. The fraction of sp³-hybridized carbons (Fsp3) is 0.167. The second kappa shape index (κ2) is 9.77. The van der Waals surface area contributed by atoms with E-state index in [1.165, 1.54) is 12.1 Å². The summed E-state index contributed by atoms with van der Waals surface area (Å²) in [6.45, 7) is 2.17. The zero-order valence-corrected chi connectivity index (χ0v) is 19.4. The van der Waals surface area contributed by atoms with Gasteiger partial charge in [-0.05, 0) is 63.0 Å². The van der Waals surface area contributed by atoms with Crippen LogP contribution in [0.5, 0.6) is 0 Å². The van der Waals surface area contributed by atoms with Crippen LogP contribution in [0.15, 0.2) is 48.7 Å². The van der Waals surface area contributed by atoms with Crippen LogP contribution in [0.3, 0.4) is 0 Å². The molecule has 0 aliphatic heterocycles. The van der Waals surface area contributed by atoms with Crippen LogP contribution in [-0.2, 0) is 4.79 Å². The summed E-state index contributed by atoms with van der Waals surface area (Å²) in [4.78, 5) is 37.9. The number of benzene rings is 2. The van der Waals surface area contributed by atoms with E-state index in [0.717, 1.165) is 11.6 Å². The number of amides is 2. The van der Waals surface area contributed by atoms with E-state index >= 15 is 0 Å². The van der Waals surface area contributed by atoms with Crippen molar-refractivity contribution in [2.75, 3.05) is 36.6 Å². The van der Waals surface area contributed by atoms with Crippen LogP contribution >= 0.6 is 0 Å². The molecule has 10 nitrogen and oxygen atoms in total. The van der Waals surface area contributed by atoms with Crippen molar-refractivity contribution in [3.63, 3.8) is 0 Å². The SMILES string of the molecule is Cc1ccc(NC(=O)CN(C)C)cc1Nc1nc(Nc2ccc(F)cc2C(N)=O)c2cc[nH]c2n1. The molecule has 180 valence electrons. The monoisotopic (exact) mass is 476 g/mol. The van der Waals surface area contributed by atoms with Gasteiger partial charge < -0.3 is 31.6 Å². The zero-order valence-electron chi connectivity index (χ0n) is 19.4. The number of hydrogen-bond donors (Lipinski definition) is 5. The van der Waals surface area contributed by atoms with E-state index in [1.54, 1.807) is 23.2 Å². The molecule has 0 saturated heterocycles. The Morgan fingerprint density at radius 2 is 1.86 bits per heavy atom. The first kappa shape index (κ1) is 23.6. The summed E-state index contributed by atoms with van der Waals surface area (Å²) in [6.07, 6.45) is 1.71. The van der Waals surface area contributed by atoms with Crippen molar-refractivity contribution in [3.05, 3.63) is 65.6 Å². The van der Waals surface area contributed by atoms with Gasteiger partial charge in [0.2, 0.25) is 11.9 Å². The number of nitrogens with two attached hydrogens (primary N) is 1. The maximum absolute atomic E-state index is 13.7. The Labute approximate surface area is 200 Å². The van der Waals surface area contributed by atoms with Gasteiger partial charge in [-0.3, -0.25) is 9.59 Å². The van der Waals surface area contributed by atoms with Gasteiger partial charge >= 0.3 is 0 Å². The summed E-state index contributed by atoms with van der Waals surface area (Å²) in [5, 5.41) is 9.78. The number of nitrogens with zero attached hydrogens (tertiary/aromatic N) is 3. The van der Waals surface area contributed by atoms with Crippen molar-refractivity contribution in [2.24, 2.45) is 5.73 Å². The minimum absolute atomic E-state index is 0.00109. The third-order valence-electron chi connectivity index (χ3n) is 5.14. The predicted molar refractivity (Wildman–Crippen MR) is 134 cm³/mol. The number of carbonyl (C=O) groups is 2. The standard InChI is InChI=1S/C24H25FN8O2/c1-13-4-6-15(28-20(34)12-33(2)3)11-19(13)30-24-31-22-16(8-9-27-22)23(32-24)29-18-7-5-14(25)10-17(18)21(26)35/h4-11H,12H2,1-3H3,(H2,26,35)(H,28,34)(H3,27,29,30,31,32). The van der Waals surface area contributed by atoms with Crippen LogP contribution < -0.4 is 21.7 Å². The largest absolute Gasteiger partial charge is 0.366 e. The van der Waals surface area contributed by atoms with Crippen molar-refractivity contribution in [1.29, 1.82) is 0 Å². The molecular weight excluding hydrogens is 451 g/mol. The van der Waals surface area contributed by atoms with Crippen molar-refractivity contribution in [3.8, 4) is 0 Å². The average molecular weight is 477 g/mol. The fourth-order valence-electron chi connectivity index (χ4n) is 3.49. The molecule has 0 bridgehead atoms. The quantitative estimate of drug-likeness (QED) is 0.262. The van der Waals surface area contributed by atoms with Crippen LogP contribution in [0.2, 0.25) is 0 Å². The number of nitrogens with one attached hydrogen (secondary N) is 4. The Hall–Kier alpha value is -4.51. The lowest BCUT2D eigenvalue weighted by atomic mass is 10.1. The van der Waals surface area contributed by atoms with E-state index in [9.17, 15) is 14.0 Å². The molecule has 2 aromatic carbocycles. The fourth-order valence-corrected chi connectivity index (χ4v) is 3.49. The molecule has 0 fully saturated rings. The van der Waals surface area contributed by atoms with Crippen LogP contribution in [0.4, 0.5) is 33.2 Å². The van der Waals surface area contributed by atoms with Crippen molar-refractivity contribution < 1.29 is 14.0 Å². The Balaban J connectivity index is 1.66. The van der Waals surface area contributed by atoms with Crippen LogP contribution in [0.25, 0.3) is 11.0 Å². The lowest BCUT2D eigenvalue weighted by Crippen LogP contribution is -2.27. The van der Waals surface area contributed by atoms with E-state index in [-0.39, 0.29) is 24.0 Å². The van der Waals surface area contributed by atoms with E-state index in [4.69, 9.17) is 5.73 Å². The lowest BCUT2D eigenvalue weighted by molar-refractivity contribution is -0.116. The highest BCUT2D eigenvalue weighted by atomic mass is 19.1. The number of aryl methyl sites for hydroxylation is 1. The van der Waals surface area contributed by atoms with Gasteiger partial charge in [0.15, 0.2) is 0 Å². The molecule has 0 aliphatic rings. The molecule has 0 unspecified atom stereocenters. The number of aromatic amines is 1. The molecule has 0 spiro atoms. The van der Waals surface area contributed by atoms with Crippen molar-refractivity contribution >= 4 is 51.7 Å². The maximum atomic E-state index is 13.7. The topological polar surface area (TPSA) is 141 Å². The van der Waals surface area contributed by atoms with Crippen LogP contribution in [-0.4, -0.2) is 52.3 Å². The first-order chi connectivity index (χ1) is 16.7. The summed E-state index contributed by atoms with van der Waals surface area (Å²) < 4.78 is 13.7. The molecule has 0 atom stereocenters. The molecule has 2 heterocycles. The van der Waals surface area contributed by atoms with E-state index in [1.807, 2.05) is 33.2 Å². The number of anilines is 5. The third kappa shape index (κ3) is 5.53. The van der Waals surface area contributed by atoms with Gasteiger partial charge in [-0.1, -0.05) is 6.07 Å². The second-order valence-electron chi connectivity index (χ2n) is 8.26.